The molecule has 0 spiro atoms. The van der Waals surface area contributed by atoms with E-state index in [0.717, 1.165) is 0 Å². The Bertz CT molecular complexity index is 359. The van der Waals surface area contributed by atoms with Gasteiger partial charge in [0.1, 0.15) is 17.1 Å². The number of aromatic hydroxyl groups is 2. The highest BCUT2D eigenvalue weighted by Gasteiger charge is 2.16. The van der Waals surface area contributed by atoms with Crippen molar-refractivity contribution in [3.05, 3.63) is 23.8 Å². The van der Waals surface area contributed by atoms with E-state index < -0.39 is 18.6 Å². The molecule has 1 atom stereocenters. The summed E-state index contributed by atoms with van der Waals surface area (Å²) in [5, 5.41) is 38.5. The summed E-state index contributed by atoms with van der Waals surface area (Å²) < 4.78 is 0. The van der Waals surface area contributed by atoms with Crippen molar-refractivity contribution in [3.63, 3.8) is 0 Å². The van der Waals surface area contributed by atoms with Crippen molar-refractivity contribution in [2.45, 2.75) is 6.10 Å². The predicted octanol–water partition coefficient (Wildman–Crippen LogP) is -0.819. The maximum Gasteiger partial charge on any atom is 0.258 e. The number of carbonyl (C=O) groups is 1. The van der Waals surface area contributed by atoms with Crippen molar-refractivity contribution in [1.82, 2.24) is 5.32 Å². The van der Waals surface area contributed by atoms with Crippen LogP contribution in [0.4, 0.5) is 0 Å². The molecular formula is C10H13NO5. The number of phenolic OH excluding ortho intramolecular Hbond substituents is 2. The Hall–Kier alpha value is -1.79. The van der Waals surface area contributed by atoms with Crippen molar-refractivity contribution in [2.75, 3.05) is 13.2 Å². The second kappa shape index (κ2) is 5.34. The SMILES string of the molecule is O=C(NCC(O)CO)c1c(O)cccc1O. The average molecular weight is 227 g/mol. The monoisotopic (exact) mass is 227 g/mol. The molecule has 0 aliphatic heterocycles. The smallest absolute Gasteiger partial charge is 0.258 e. The first-order valence-corrected chi connectivity index (χ1v) is 4.64. The van der Waals surface area contributed by atoms with Crippen LogP contribution in [0.1, 0.15) is 10.4 Å². The lowest BCUT2D eigenvalue weighted by molar-refractivity contribution is 0.0798. The van der Waals surface area contributed by atoms with E-state index in [1.54, 1.807) is 0 Å². The molecule has 1 unspecified atom stereocenters. The third kappa shape index (κ3) is 2.85. The number of hydrogen-bond acceptors (Lipinski definition) is 5. The molecule has 5 N–H and O–H groups in total. The van der Waals surface area contributed by atoms with Crippen LogP contribution in [0.25, 0.3) is 0 Å². The van der Waals surface area contributed by atoms with E-state index in [1.165, 1.54) is 18.2 Å². The van der Waals surface area contributed by atoms with Crippen LogP contribution < -0.4 is 5.32 Å². The second-order valence-electron chi connectivity index (χ2n) is 3.22. The van der Waals surface area contributed by atoms with Crippen molar-refractivity contribution >= 4 is 5.91 Å². The quantitative estimate of drug-likeness (QED) is 0.461. The molecule has 1 amide bonds. The van der Waals surface area contributed by atoms with Gasteiger partial charge in [-0.2, -0.15) is 0 Å². The van der Waals surface area contributed by atoms with Crippen LogP contribution in [0.15, 0.2) is 18.2 Å². The number of benzene rings is 1. The maximum absolute atomic E-state index is 11.5. The van der Waals surface area contributed by atoms with Crippen LogP contribution in [0, 0.1) is 0 Å². The van der Waals surface area contributed by atoms with E-state index in [4.69, 9.17) is 10.2 Å². The fraction of sp³-hybridized carbons (Fsp3) is 0.300. The number of carbonyl (C=O) groups excluding carboxylic acids is 1. The lowest BCUT2D eigenvalue weighted by atomic mass is 10.1. The molecular weight excluding hydrogens is 214 g/mol. The summed E-state index contributed by atoms with van der Waals surface area (Å²) in [7, 11) is 0. The van der Waals surface area contributed by atoms with Crippen LogP contribution in [0.3, 0.4) is 0 Å². The van der Waals surface area contributed by atoms with Crippen LogP contribution in [-0.2, 0) is 0 Å². The lowest BCUT2D eigenvalue weighted by Crippen LogP contribution is -2.33. The molecule has 0 aliphatic carbocycles. The second-order valence-corrected chi connectivity index (χ2v) is 3.22. The van der Waals surface area contributed by atoms with Gasteiger partial charge in [0.05, 0.1) is 12.7 Å². The third-order valence-electron chi connectivity index (χ3n) is 1.96. The van der Waals surface area contributed by atoms with Gasteiger partial charge in [-0.25, -0.2) is 0 Å². The molecule has 0 saturated carbocycles. The first kappa shape index (κ1) is 12.3. The molecule has 6 nitrogen and oxygen atoms in total. The minimum atomic E-state index is -1.07. The van der Waals surface area contributed by atoms with Gasteiger partial charge in [-0.05, 0) is 12.1 Å². The molecule has 16 heavy (non-hydrogen) atoms. The number of rotatable bonds is 4. The Morgan fingerprint density at radius 2 is 1.88 bits per heavy atom. The minimum absolute atomic E-state index is 0.164. The summed E-state index contributed by atoms with van der Waals surface area (Å²) in [4.78, 5) is 11.5. The first-order valence-electron chi connectivity index (χ1n) is 4.64. The zero-order chi connectivity index (χ0) is 12.1. The van der Waals surface area contributed by atoms with Gasteiger partial charge in [0.2, 0.25) is 0 Å². The number of amides is 1. The van der Waals surface area contributed by atoms with Crippen LogP contribution in [-0.4, -0.2) is 45.6 Å². The Kier molecular flexibility index (Phi) is 4.10. The zero-order valence-corrected chi connectivity index (χ0v) is 8.42. The normalized spacial score (nSPS) is 12.1. The van der Waals surface area contributed by atoms with Crippen LogP contribution in [0.2, 0.25) is 0 Å². The Morgan fingerprint density at radius 3 is 2.38 bits per heavy atom. The lowest BCUT2D eigenvalue weighted by Gasteiger charge is -2.10. The largest absolute Gasteiger partial charge is 0.507 e. The van der Waals surface area contributed by atoms with Crippen LogP contribution >= 0.6 is 0 Å². The highest BCUT2D eigenvalue weighted by atomic mass is 16.3. The number of phenols is 2. The standard InChI is InChI=1S/C10H13NO5/c12-5-6(13)4-11-10(16)9-7(14)2-1-3-8(9)15/h1-3,6,12-15H,4-5H2,(H,11,16). The highest BCUT2D eigenvalue weighted by molar-refractivity contribution is 5.99. The van der Waals surface area contributed by atoms with Gasteiger partial charge < -0.3 is 25.7 Å². The highest BCUT2D eigenvalue weighted by Crippen LogP contribution is 2.25. The van der Waals surface area contributed by atoms with E-state index in [2.05, 4.69) is 5.32 Å². The number of hydrogen-bond donors (Lipinski definition) is 5. The molecule has 0 aliphatic rings. The van der Waals surface area contributed by atoms with Crippen molar-refractivity contribution in [1.29, 1.82) is 0 Å². The summed E-state index contributed by atoms with van der Waals surface area (Å²) in [6.45, 7) is -0.643. The summed E-state index contributed by atoms with van der Waals surface area (Å²) >= 11 is 0. The van der Waals surface area contributed by atoms with E-state index in [-0.39, 0.29) is 23.6 Å². The van der Waals surface area contributed by atoms with E-state index in [0.29, 0.717) is 0 Å². The summed E-state index contributed by atoms with van der Waals surface area (Å²) in [6.07, 6.45) is -1.07. The third-order valence-corrected chi connectivity index (χ3v) is 1.96. The van der Waals surface area contributed by atoms with Crippen molar-refractivity contribution in [2.24, 2.45) is 0 Å². The van der Waals surface area contributed by atoms with Gasteiger partial charge in [0.15, 0.2) is 0 Å². The van der Waals surface area contributed by atoms with E-state index in [1.807, 2.05) is 0 Å². The van der Waals surface area contributed by atoms with E-state index in [9.17, 15) is 15.0 Å². The molecule has 0 saturated heterocycles. The Morgan fingerprint density at radius 1 is 1.31 bits per heavy atom. The fourth-order valence-electron chi connectivity index (χ4n) is 1.12. The number of aliphatic hydroxyl groups is 2. The minimum Gasteiger partial charge on any atom is -0.507 e. The Balaban J connectivity index is 2.73. The molecule has 0 bridgehead atoms. The molecule has 1 aromatic rings. The van der Waals surface area contributed by atoms with Gasteiger partial charge in [0.25, 0.3) is 5.91 Å². The van der Waals surface area contributed by atoms with Crippen molar-refractivity contribution < 1.29 is 25.2 Å². The summed E-state index contributed by atoms with van der Waals surface area (Å²) in [5.74, 6) is -1.42. The predicted molar refractivity (Wildman–Crippen MR) is 55.2 cm³/mol. The fourth-order valence-corrected chi connectivity index (χ4v) is 1.12. The molecule has 0 fully saturated rings. The number of nitrogens with one attached hydrogen (secondary N) is 1. The van der Waals surface area contributed by atoms with Crippen LogP contribution in [0.5, 0.6) is 11.5 Å². The zero-order valence-electron chi connectivity index (χ0n) is 8.42. The number of aliphatic hydroxyl groups excluding tert-OH is 2. The molecule has 1 aromatic carbocycles. The molecule has 0 heterocycles. The van der Waals surface area contributed by atoms with E-state index >= 15 is 0 Å². The average Bonchev–Trinajstić information content (AvgIpc) is 2.25. The Labute approximate surface area is 91.8 Å². The maximum atomic E-state index is 11.5. The molecule has 1 rings (SSSR count). The molecule has 0 aromatic heterocycles. The van der Waals surface area contributed by atoms with Gasteiger partial charge in [0, 0.05) is 6.54 Å². The molecule has 6 heteroatoms. The molecule has 88 valence electrons. The molecule has 0 radical (unpaired) electrons. The van der Waals surface area contributed by atoms with Gasteiger partial charge in [-0.1, -0.05) is 6.07 Å². The van der Waals surface area contributed by atoms with Gasteiger partial charge in [-0.15, -0.1) is 0 Å². The first-order chi connectivity index (χ1) is 7.56. The van der Waals surface area contributed by atoms with Crippen molar-refractivity contribution in [3.8, 4) is 11.5 Å². The summed E-state index contributed by atoms with van der Waals surface area (Å²) in [5.41, 5.74) is -0.257. The topological polar surface area (TPSA) is 110 Å². The van der Waals surface area contributed by atoms with Gasteiger partial charge >= 0.3 is 0 Å². The van der Waals surface area contributed by atoms with Gasteiger partial charge in [-0.3, -0.25) is 4.79 Å². The summed E-state index contributed by atoms with van der Waals surface area (Å²) in [6, 6.07) is 3.91.